The fourth-order valence-electron chi connectivity index (χ4n) is 2.23. The summed E-state index contributed by atoms with van der Waals surface area (Å²) in [6, 6.07) is 1.20. The van der Waals surface area contributed by atoms with Gasteiger partial charge in [-0.1, -0.05) is 11.6 Å². The van der Waals surface area contributed by atoms with Gasteiger partial charge in [-0.25, -0.2) is 18.4 Å². The summed E-state index contributed by atoms with van der Waals surface area (Å²) in [6.45, 7) is 0.727. The Kier molecular flexibility index (Phi) is 5.57. The monoisotopic (exact) mass is 388 g/mol. The Morgan fingerprint density at radius 1 is 1.46 bits per heavy atom. The van der Waals surface area contributed by atoms with Crippen LogP contribution in [0.1, 0.15) is 5.82 Å². The van der Waals surface area contributed by atoms with Crippen molar-refractivity contribution in [3.8, 4) is 0 Å². The van der Waals surface area contributed by atoms with Crippen LogP contribution < -0.4 is 4.90 Å². The quantitative estimate of drug-likeness (QED) is 0.722. The van der Waals surface area contributed by atoms with Gasteiger partial charge in [-0.05, 0) is 0 Å². The molecule has 1 atom stereocenters. The van der Waals surface area contributed by atoms with Gasteiger partial charge in [0.05, 0.1) is 19.0 Å². The minimum absolute atomic E-state index is 0.0256. The van der Waals surface area contributed by atoms with E-state index in [1.54, 1.807) is 0 Å². The standard InChI is InChI=1S/C12H16ClF3N4O3S/c1-19(6-8-7-20(3-4-23-8)24(2,21)22)10-5-9(13)17-11(18-10)12(14,15)16/h5,8H,3-4,6-7H2,1-2H3. The second-order valence-corrected chi connectivity index (χ2v) is 7.73. The first kappa shape index (κ1) is 19.2. The summed E-state index contributed by atoms with van der Waals surface area (Å²) in [5.41, 5.74) is 0. The van der Waals surface area contributed by atoms with E-state index >= 15 is 0 Å². The largest absolute Gasteiger partial charge is 0.451 e. The highest BCUT2D eigenvalue weighted by Gasteiger charge is 2.36. The van der Waals surface area contributed by atoms with Crippen LogP contribution in [0.4, 0.5) is 19.0 Å². The third-order valence-corrected chi connectivity index (χ3v) is 4.84. The molecule has 0 radical (unpaired) electrons. The minimum Gasteiger partial charge on any atom is -0.374 e. The number of halogens is 4. The molecule has 0 amide bonds. The molecule has 0 saturated carbocycles. The zero-order valence-electron chi connectivity index (χ0n) is 12.9. The van der Waals surface area contributed by atoms with Gasteiger partial charge < -0.3 is 9.64 Å². The number of hydrogen-bond acceptors (Lipinski definition) is 6. The van der Waals surface area contributed by atoms with E-state index in [4.69, 9.17) is 16.3 Å². The van der Waals surface area contributed by atoms with E-state index in [1.165, 1.54) is 22.3 Å². The predicted molar refractivity (Wildman–Crippen MR) is 81.5 cm³/mol. The fourth-order valence-corrected chi connectivity index (χ4v) is 3.25. The van der Waals surface area contributed by atoms with Gasteiger partial charge in [0.25, 0.3) is 0 Å². The number of rotatable bonds is 4. The van der Waals surface area contributed by atoms with Gasteiger partial charge >= 0.3 is 6.18 Å². The zero-order chi connectivity index (χ0) is 18.1. The first-order valence-electron chi connectivity index (χ1n) is 6.86. The van der Waals surface area contributed by atoms with Crippen molar-refractivity contribution in [1.82, 2.24) is 14.3 Å². The molecule has 0 aromatic carbocycles. The van der Waals surface area contributed by atoms with Crippen molar-refractivity contribution < 1.29 is 26.3 Å². The summed E-state index contributed by atoms with van der Waals surface area (Å²) >= 11 is 5.63. The van der Waals surface area contributed by atoms with Gasteiger partial charge in [0.15, 0.2) is 0 Å². The molecular weight excluding hydrogens is 373 g/mol. The lowest BCUT2D eigenvalue weighted by Gasteiger charge is -2.33. The van der Waals surface area contributed by atoms with Crippen molar-refractivity contribution in [2.24, 2.45) is 0 Å². The second kappa shape index (κ2) is 6.98. The Morgan fingerprint density at radius 3 is 2.71 bits per heavy atom. The molecule has 12 heteroatoms. The van der Waals surface area contributed by atoms with Crippen molar-refractivity contribution >= 4 is 27.4 Å². The molecule has 7 nitrogen and oxygen atoms in total. The number of nitrogens with zero attached hydrogens (tertiary/aromatic N) is 4. The van der Waals surface area contributed by atoms with E-state index in [1.807, 2.05) is 0 Å². The van der Waals surface area contributed by atoms with Crippen LogP contribution in [0.2, 0.25) is 5.15 Å². The molecule has 136 valence electrons. The van der Waals surface area contributed by atoms with Crippen molar-refractivity contribution in [3.63, 3.8) is 0 Å². The third-order valence-electron chi connectivity index (χ3n) is 3.37. The van der Waals surface area contributed by atoms with Gasteiger partial charge in [-0.2, -0.15) is 17.5 Å². The van der Waals surface area contributed by atoms with E-state index in [2.05, 4.69) is 9.97 Å². The number of aromatic nitrogens is 2. The average molecular weight is 389 g/mol. The van der Waals surface area contributed by atoms with Crippen molar-refractivity contribution in [2.45, 2.75) is 12.3 Å². The normalized spacial score (nSPS) is 20.2. The van der Waals surface area contributed by atoms with Gasteiger partial charge in [0, 0.05) is 32.7 Å². The molecule has 24 heavy (non-hydrogen) atoms. The zero-order valence-corrected chi connectivity index (χ0v) is 14.5. The first-order chi connectivity index (χ1) is 11.0. The molecule has 0 N–H and O–H groups in total. The number of alkyl halides is 3. The van der Waals surface area contributed by atoms with E-state index in [9.17, 15) is 21.6 Å². The van der Waals surface area contributed by atoms with E-state index in [-0.39, 0.29) is 37.2 Å². The SMILES string of the molecule is CN(CC1CN(S(C)(=O)=O)CCO1)c1cc(Cl)nc(C(F)(F)F)n1. The predicted octanol–water partition coefficient (Wildman–Crippen LogP) is 1.25. The van der Waals surface area contributed by atoms with Gasteiger partial charge in [-0.15, -0.1) is 0 Å². The van der Waals surface area contributed by atoms with Crippen LogP contribution in [0, 0.1) is 0 Å². The molecule has 1 saturated heterocycles. The molecule has 1 aromatic heterocycles. The Bertz CT molecular complexity index is 701. The number of likely N-dealkylation sites (N-methyl/N-ethyl adjacent to an activating group) is 1. The van der Waals surface area contributed by atoms with Crippen molar-refractivity contribution in [2.75, 3.05) is 44.4 Å². The molecule has 1 aromatic rings. The lowest BCUT2D eigenvalue weighted by Crippen LogP contribution is -2.49. The summed E-state index contributed by atoms with van der Waals surface area (Å²) < 4.78 is 68.2. The van der Waals surface area contributed by atoms with Crippen LogP contribution in [0.3, 0.4) is 0 Å². The minimum atomic E-state index is -4.71. The number of hydrogen-bond donors (Lipinski definition) is 0. The van der Waals surface area contributed by atoms with Gasteiger partial charge in [-0.3, -0.25) is 0 Å². The molecule has 1 fully saturated rings. The summed E-state index contributed by atoms with van der Waals surface area (Å²) in [7, 11) is -1.84. The van der Waals surface area contributed by atoms with Crippen LogP contribution in [0.25, 0.3) is 0 Å². The fraction of sp³-hybridized carbons (Fsp3) is 0.667. The van der Waals surface area contributed by atoms with E-state index < -0.39 is 28.1 Å². The first-order valence-corrected chi connectivity index (χ1v) is 9.09. The van der Waals surface area contributed by atoms with Crippen LogP contribution in [-0.4, -0.2) is 68.3 Å². The van der Waals surface area contributed by atoms with Crippen molar-refractivity contribution in [3.05, 3.63) is 17.0 Å². The maximum atomic E-state index is 12.8. The maximum absolute atomic E-state index is 12.8. The lowest BCUT2D eigenvalue weighted by molar-refractivity contribution is -0.144. The molecule has 0 bridgehead atoms. The molecule has 1 unspecified atom stereocenters. The number of anilines is 1. The maximum Gasteiger partial charge on any atom is 0.451 e. The molecular formula is C12H16ClF3N4O3S. The van der Waals surface area contributed by atoms with Crippen LogP contribution in [0.15, 0.2) is 6.07 Å². The van der Waals surface area contributed by atoms with Crippen LogP contribution in [0.5, 0.6) is 0 Å². The van der Waals surface area contributed by atoms with Crippen molar-refractivity contribution in [1.29, 1.82) is 0 Å². The summed E-state index contributed by atoms with van der Waals surface area (Å²) in [6.07, 6.45) is -4.12. The van der Waals surface area contributed by atoms with Gasteiger partial charge in [0.2, 0.25) is 15.8 Å². The summed E-state index contributed by atoms with van der Waals surface area (Å²) in [5, 5.41) is -0.332. The topological polar surface area (TPSA) is 75.6 Å². The molecule has 2 rings (SSSR count). The number of sulfonamides is 1. The van der Waals surface area contributed by atoms with E-state index in [0.717, 1.165) is 6.26 Å². The lowest BCUT2D eigenvalue weighted by atomic mass is 10.3. The highest BCUT2D eigenvalue weighted by molar-refractivity contribution is 7.88. The summed E-state index contributed by atoms with van der Waals surface area (Å²) in [5.74, 6) is -1.36. The van der Waals surface area contributed by atoms with Gasteiger partial charge in [0.1, 0.15) is 11.0 Å². The second-order valence-electron chi connectivity index (χ2n) is 5.36. The Balaban J connectivity index is 2.12. The molecule has 0 spiro atoms. The number of morpholine rings is 1. The summed E-state index contributed by atoms with van der Waals surface area (Å²) in [4.78, 5) is 8.03. The smallest absolute Gasteiger partial charge is 0.374 e. The molecule has 2 heterocycles. The highest BCUT2D eigenvalue weighted by atomic mass is 35.5. The molecule has 0 aliphatic carbocycles. The Morgan fingerprint density at radius 2 is 2.12 bits per heavy atom. The Labute approximate surface area is 142 Å². The molecule has 1 aliphatic heterocycles. The highest BCUT2D eigenvalue weighted by Crippen LogP contribution is 2.29. The Hall–Kier alpha value is -1.17. The molecule has 1 aliphatic rings. The van der Waals surface area contributed by atoms with E-state index in [0.29, 0.717) is 0 Å². The average Bonchev–Trinajstić information content (AvgIpc) is 2.45. The third kappa shape index (κ3) is 4.91. The van der Waals surface area contributed by atoms with Crippen LogP contribution in [-0.2, 0) is 20.9 Å². The number of ether oxygens (including phenoxy) is 1. The van der Waals surface area contributed by atoms with Crippen LogP contribution >= 0.6 is 11.6 Å².